The van der Waals surface area contributed by atoms with E-state index in [1.807, 2.05) is 61.5 Å². The number of fused-ring (bicyclic) bond motifs is 1. The number of thiazole rings is 1. The van der Waals surface area contributed by atoms with Gasteiger partial charge in [-0.25, -0.2) is 9.78 Å². The maximum absolute atomic E-state index is 11.8. The molecule has 0 bridgehead atoms. The second kappa shape index (κ2) is 7.89. The van der Waals surface area contributed by atoms with Gasteiger partial charge in [-0.05, 0) is 26.0 Å². The molecule has 146 valence electrons. The lowest BCUT2D eigenvalue weighted by Crippen LogP contribution is -2.07. The fourth-order valence-corrected chi connectivity index (χ4v) is 3.73. The summed E-state index contributed by atoms with van der Waals surface area (Å²) >= 11 is 1.21. The Bertz CT molecular complexity index is 1260. The summed E-state index contributed by atoms with van der Waals surface area (Å²) in [5.41, 5.74) is 6.45. The largest absolute Gasteiger partial charge is 0.465 e. The van der Waals surface area contributed by atoms with E-state index in [9.17, 15) is 4.79 Å². The molecule has 6 nitrogen and oxygen atoms in total. The summed E-state index contributed by atoms with van der Waals surface area (Å²) in [5.74, 6) is 0.313. The molecule has 1 N–H and O–H groups in total. The molecule has 4 rings (SSSR count). The smallest absolute Gasteiger partial charge is 0.350 e. The Balaban J connectivity index is 1.78. The predicted octanol–water partition coefficient (Wildman–Crippen LogP) is 4.89. The molecule has 0 unspecified atom stereocenters. The van der Waals surface area contributed by atoms with E-state index in [4.69, 9.17) is 9.15 Å². The molecule has 0 amide bonds. The quantitative estimate of drug-likeness (QED) is 0.386. The number of methoxy groups -OCH3 is 1. The second-order valence-corrected chi connectivity index (χ2v) is 7.51. The molecule has 0 aliphatic heterocycles. The molecule has 0 aliphatic carbocycles. The average molecular weight is 405 g/mol. The maximum Gasteiger partial charge on any atom is 0.350 e. The van der Waals surface area contributed by atoms with Crippen LogP contribution in [-0.4, -0.2) is 18.1 Å². The molecule has 0 spiro atoms. The molecule has 0 fully saturated rings. The number of hydrogen-bond acceptors (Lipinski definition) is 7. The highest BCUT2D eigenvalue weighted by atomic mass is 32.1. The van der Waals surface area contributed by atoms with Crippen LogP contribution in [0.1, 0.15) is 20.9 Å². The van der Waals surface area contributed by atoms with Crippen LogP contribution in [-0.2, 0) is 4.74 Å². The number of carbonyl (C=O) groups is 1. The van der Waals surface area contributed by atoms with E-state index in [2.05, 4.69) is 15.5 Å². The predicted molar refractivity (Wildman–Crippen MR) is 114 cm³/mol. The Morgan fingerprint density at radius 2 is 1.90 bits per heavy atom. The van der Waals surface area contributed by atoms with Crippen LogP contribution in [0.3, 0.4) is 0 Å². The Hall–Kier alpha value is -3.45. The molecule has 0 saturated carbocycles. The van der Waals surface area contributed by atoms with Gasteiger partial charge < -0.3 is 9.15 Å². The van der Waals surface area contributed by atoms with Crippen LogP contribution < -0.4 is 10.8 Å². The minimum atomic E-state index is -0.404. The molecule has 0 atom stereocenters. The molecule has 2 aromatic carbocycles. The topological polar surface area (TPSA) is 76.7 Å². The fourth-order valence-electron chi connectivity index (χ4n) is 2.90. The molecule has 0 radical (unpaired) electrons. The number of benzene rings is 2. The van der Waals surface area contributed by atoms with Gasteiger partial charge in [0.05, 0.1) is 18.2 Å². The highest BCUT2D eigenvalue weighted by Crippen LogP contribution is 2.24. The van der Waals surface area contributed by atoms with Gasteiger partial charge >= 0.3 is 5.97 Å². The number of ether oxygens (including phenoxy) is 1. The number of aromatic nitrogens is 1. The number of hydrogen-bond donors (Lipinski definition) is 1. The van der Waals surface area contributed by atoms with Gasteiger partial charge in [0.2, 0.25) is 5.13 Å². The van der Waals surface area contributed by atoms with Crippen LogP contribution in [0, 0.1) is 13.8 Å². The van der Waals surface area contributed by atoms with Crippen molar-refractivity contribution in [2.45, 2.75) is 13.8 Å². The van der Waals surface area contributed by atoms with Crippen LogP contribution in [0.15, 0.2) is 64.1 Å². The van der Waals surface area contributed by atoms with Crippen molar-refractivity contribution in [1.29, 1.82) is 0 Å². The average Bonchev–Trinajstić information content (AvgIpc) is 3.12. The lowest BCUT2D eigenvalue weighted by Gasteiger charge is -2.05. The third-order valence-electron chi connectivity index (χ3n) is 4.43. The molecule has 7 heteroatoms. The van der Waals surface area contributed by atoms with Crippen molar-refractivity contribution in [3.63, 3.8) is 0 Å². The lowest BCUT2D eigenvalue weighted by molar-refractivity contribution is 0.0605. The highest BCUT2D eigenvalue weighted by molar-refractivity contribution is 7.17. The van der Waals surface area contributed by atoms with Gasteiger partial charge in [-0.15, -0.1) is 0 Å². The van der Waals surface area contributed by atoms with Crippen molar-refractivity contribution in [3.8, 4) is 11.3 Å². The highest BCUT2D eigenvalue weighted by Gasteiger charge is 2.15. The lowest BCUT2D eigenvalue weighted by atomic mass is 10.1. The summed E-state index contributed by atoms with van der Waals surface area (Å²) in [6.45, 7) is 3.81. The molecule has 0 aliphatic rings. The number of nitrogens with one attached hydrogen (secondary N) is 1. The molecule has 29 heavy (non-hydrogen) atoms. The number of anilines is 1. The Kier molecular flexibility index (Phi) is 5.14. The minimum Gasteiger partial charge on any atom is -0.465 e. The van der Waals surface area contributed by atoms with Crippen LogP contribution in [0.2, 0.25) is 0 Å². The van der Waals surface area contributed by atoms with Gasteiger partial charge in [0.25, 0.3) is 0 Å². The molecular formula is C22H19N3O3S. The first-order valence-electron chi connectivity index (χ1n) is 9.00. The van der Waals surface area contributed by atoms with Crippen LogP contribution in [0.25, 0.3) is 22.3 Å². The number of esters is 1. The zero-order chi connectivity index (χ0) is 20.4. The summed E-state index contributed by atoms with van der Waals surface area (Å²) in [4.78, 5) is 16.6. The second-order valence-electron chi connectivity index (χ2n) is 6.51. The van der Waals surface area contributed by atoms with Gasteiger partial charge in [0.15, 0.2) is 0 Å². The first-order chi connectivity index (χ1) is 14.0. The zero-order valence-electron chi connectivity index (χ0n) is 16.2. The molecule has 2 aromatic heterocycles. The maximum atomic E-state index is 11.8. The van der Waals surface area contributed by atoms with Crippen molar-refractivity contribution >= 4 is 33.4 Å². The number of nitrogens with zero attached hydrogens (tertiary/aromatic N) is 2. The van der Waals surface area contributed by atoms with Gasteiger partial charge in [-0.3, -0.25) is 5.43 Å². The first-order valence-corrected chi connectivity index (χ1v) is 9.82. The Morgan fingerprint density at radius 1 is 1.14 bits per heavy atom. The number of rotatable bonds is 4. The summed E-state index contributed by atoms with van der Waals surface area (Å²) in [6, 6.07) is 17.7. The molecule has 2 heterocycles. The van der Waals surface area contributed by atoms with E-state index >= 15 is 0 Å². The van der Waals surface area contributed by atoms with Crippen molar-refractivity contribution in [2.75, 3.05) is 12.5 Å². The van der Waals surface area contributed by atoms with Crippen LogP contribution in [0.4, 0.5) is 5.13 Å². The van der Waals surface area contributed by atoms with Crippen molar-refractivity contribution < 1.29 is 13.9 Å². The minimum absolute atomic E-state index is 0.404. The number of aryl methyl sites for hydroxylation is 2. The number of para-hydroxylation sites is 1. The molecule has 0 saturated heterocycles. The van der Waals surface area contributed by atoms with E-state index in [0.29, 0.717) is 15.7 Å². The van der Waals surface area contributed by atoms with E-state index < -0.39 is 5.97 Å². The van der Waals surface area contributed by atoms with E-state index in [1.165, 1.54) is 24.0 Å². The van der Waals surface area contributed by atoms with Gasteiger partial charge in [-0.1, -0.05) is 53.3 Å². The van der Waals surface area contributed by atoms with Crippen molar-refractivity contribution in [3.05, 3.63) is 76.1 Å². The summed E-state index contributed by atoms with van der Waals surface area (Å²) in [6.07, 6.45) is 0. The SMILES string of the molecule is COC(=O)c1sc(NN=c2cc(-c3ccc(C)cc3)oc3ccccc23)nc1C. The molecule has 4 aromatic rings. The third-order valence-corrected chi connectivity index (χ3v) is 5.47. The van der Waals surface area contributed by atoms with Crippen molar-refractivity contribution in [1.82, 2.24) is 4.98 Å². The van der Waals surface area contributed by atoms with E-state index in [1.54, 1.807) is 6.92 Å². The summed E-state index contributed by atoms with van der Waals surface area (Å²) in [7, 11) is 1.35. The van der Waals surface area contributed by atoms with E-state index in [0.717, 1.165) is 27.7 Å². The van der Waals surface area contributed by atoms with Gasteiger partial charge in [0.1, 0.15) is 16.2 Å². The summed E-state index contributed by atoms with van der Waals surface area (Å²) < 4.78 is 10.9. The monoisotopic (exact) mass is 405 g/mol. The van der Waals surface area contributed by atoms with Crippen molar-refractivity contribution in [2.24, 2.45) is 5.10 Å². The van der Waals surface area contributed by atoms with Crippen LogP contribution >= 0.6 is 11.3 Å². The standard InChI is InChI=1S/C22H19N3O3S/c1-13-8-10-15(11-9-13)19-12-17(16-6-4-5-7-18(16)28-19)24-25-22-23-14(2)20(29-22)21(26)27-3/h4-12H,1-3H3,(H,23,25). The van der Waals surface area contributed by atoms with E-state index in [-0.39, 0.29) is 0 Å². The Morgan fingerprint density at radius 3 is 2.66 bits per heavy atom. The normalized spacial score (nSPS) is 11.6. The summed E-state index contributed by atoms with van der Waals surface area (Å²) in [5, 5.41) is 6.64. The first kappa shape index (κ1) is 18.9. The fraction of sp³-hybridized carbons (Fsp3) is 0.136. The number of carbonyl (C=O) groups excluding carboxylic acids is 1. The van der Waals surface area contributed by atoms with Gasteiger partial charge in [-0.2, -0.15) is 5.10 Å². The molecular weight excluding hydrogens is 386 g/mol. The van der Waals surface area contributed by atoms with Crippen LogP contribution in [0.5, 0.6) is 0 Å². The van der Waals surface area contributed by atoms with Gasteiger partial charge in [0, 0.05) is 17.0 Å². The zero-order valence-corrected chi connectivity index (χ0v) is 17.0. The third kappa shape index (κ3) is 3.90. The Labute approximate surface area is 171 Å².